The molecule has 0 atom stereocenters. The van der Waals surface area contributed by atoms with Crippen LogP contribution in [-0.4, -0.2) is 38.4 Å². The molecule has 0 unspecified atom stereocenters. The Kier molecular flexibility index (Phi) is 4.28. The van der Waals surface area contributed by atoms with Crippen LogP contribution in [0.15, 0.2) is 18.2 Å². The molecule has 122 valence electrons. The predicted molar refractivity (Wildman–Crippen MR) is 90.9 cm³/mol. The zero-order valence-electron chi connectivity index (χ0n) is 13.4. The fourth-order valence-electron chi connectivity index (χ4n) is 2.93. The molecule has 5 nitrogen and oxygen atoms in total. The lowest BCUT2D eigenvalue weighted by Gasteiger charge is -2.19. The highest BCUT2D eigenvalue weighted by Crippen LogP contribution is 2.43. The van der Waals surface area contributed by atoms with E-state index in [1.165, 1.54) is 18.4 Å². The fraction of sp³-hybridized carbons (Fsp3) is 0.353. The van der Waals surface area contributed by atoms with E-state index in [-0.39, 0.29) is 4.88 Å². The van der Waals surface area contributed by atoms with E-state index in [9.17, 15) is 9.90 Å². The van der Waals surface area contributed by atoms with Gasteiger partial charge in [0.15, 0.2) is 10.6 Å². The van der Waals surface area contributed by atoms with Gasteiger partial charge in [0.1, 0.15) is 0 Å². The number of ether oxygens (including phenoxy) is 2. The zero-order valence-corrected chi connectivity index (χ0v) is 14.2. The summed E-state index contributed by atoms with van der Waals surface area (Å²) < 4.78 is 11.0. The summed E-state index contributed by atoms with van der Waals surface area (Å²) in [5.41, 5.74) is 4.06. The molecule has 1 aromatic heterocycles. The van der Waals surface area contributed by atoms with Crippen molar-refractivity contribution in [3.63, 3.8) is 0 Å². The van der Waals surface area contributed by atoms with Crippen molar-refractivity contribution in [2.75, 3.05) is 32.2 Å². The highest BCUT2D eigenvalue weighted by atomic mass is 32.1. The van der Waals surface area contributed by atoms with Crippen molar-refractivity contribution >= 4 is 23.0 Å². The molecule has 0 spiro atoms. The number of carbonyl (C=O) groups is 1. The smallest absolute Gasteiger partial charge is 0.349 e. The Morgan fingerprint density at radius 1 is 1.43 bits per heavy atom. The SMILES string of the molecule is COc1c(C(=O)O)sc(C)c1-c1ccc2c(c1)COCCN2C. The number of aromatic carboxylic acids is 1. The predicted octanol–water partition coefficient (Wildman–Crippen LogP) is 3.40. The van der Waals surface area contributed by atoms with E-state index in [0.29, 0.717) is 19.0 Å². The number of fused-ring (bicyclic) bond motifs is 1. The van der Waals surface area contributed by atoms with Gasteiger partial charge >= 0.3 is 5.97 Å². The standard InChI is InChI=1S/C17H19NO4S/c1-10-14(15(21-3)16(23-10)17(19)20)11-4-5-13-12(8-11)9-22-7-6-18(13)2/h4-5,8H,6-7,9H2,1-3H3,(H,19,20). The Balaban J connectivity index is 2.13. The van der Waals surface area contributed by atoms with E-state index in [1.54, 1.807) is 0 Å². The molecule has 0 radical (unpaired) electrons. The second-order valence-corrected chi connectivity index (χ2v) is 6.74. The highest BCUT2D eigenvalue weighted by Gasteiger charge is 2.23. The van der Waals surface area contributed by atoms with E-state index < -0.39 is 5.97 Å². The third-order valence-corrected chi connectivity index (χ3v) is 5.12. The van der Waals surface area contributed by atoms with Crippen molar-refractivity contribution in [1.29, 1.82) is 0 Å². The van der Waals surface area contributed by atoms with Crippen molar-refractivity contribution in [3.05, 3.63) is 33.5 Å². The minimum atomic E-state index is -0.959. The van der Waals surface area contributed by atoms with Crippen molar-refractivity contribution in [2.45, 2.75) is 13.5 Å². The summed E-state index contributed by atoms with van der Waals surface area (Å²) in [6.07, 6.45) is 0. The van der Waals surface area contributed by atoms with Gasteiger partial charge in [0.05, 0.1) is 20.3 Å². The van der Waals surface area contributed by atoms with Crippen LogP contribution in [0.1, 0.15) is 20.1 Å². The molecule has 0 bridgehead atoms. The van der Waals surface area contributed by atoms with Crippen LogP contribution in [-0.2, 0) is 11.3 Å². The maximum absolute atomic E-state index is 11.4. The van der Waals surface area contributed by atoms with Crippen LogP contribution < -0.4 is 9.64 Å². The number of carboxylic acid groups (broad SMARTS) is 1. The van der Waals surface area contributed by atoms with Crippen molar-refractivity contribution in [3.8, 4) is 16.9 Å². The number of hydrogen-bond acceptors (Lipinski definition) is 5. The fourth-order valence-corrected chi connectivity index (χ4v) is 3.91. The Labute approximate surface area is 139 Å². The number of methoxy groups -OCH3 is 1. The van der Waals surface area contributed by atoms with Gasteiger partial charge in [-0.25, -0.2) is 4.79 Å². The minimum absolute atomic E-state index is 0.239. The average molecular weight is 333 g/mol. The lowest BCUT2D eigenvalue weighted by atomic mass is 10.0. The summed E-state index contributed by atoms with van der Waals surface area (Å²) in [6, 6.07) is 6.15. The Morgan fingerprint density at radius 2 is 2.22 bits per heavy atom. The number of carboxylic acids is 1. The molecule has 2 aromatic rings. The number of nitrogens with zero attached hydrogens (tertiary/aromatic N) is 1. The summed E-state index contributed by atoms with van der Waals surface area (Å²) in [5, 5.41) is 9.35. The van der Waals surface area contributed by atoms with Crippen molar-refractivity contribution in [1.82, 2.24) is 0 Å². The number of rotatable bonds is 3. The lowest BCUT2D eigenvalue weighted by molar-refractivity contribution is 0.0699. The molecule has 0 amide bonds. The van der Waals surface area contributed by atoms with E-state index in [2.05, 4.69) is 17.0 Å². The first kappa shape index (κ1) is 15.8. The highest BCUT2D eigenvalue weighted by molar-refractivity contribution is 7.14. The summed E-state index contributed by atoms with van der Waals surface area (Å²) in [6.45, 7) is 4.04. The second kappa shape index (κ2) is 6.22. The van der Waals surface area contributed by atoms with Gasteiger partial charge in [0.25, 0.3) is 0 Å². The van der Waals surface area contributed by atoms with E-state index in [0.717, 1.165) is 33.8 Å². The quantitative estimate of drug-likeness (QED) is 0.933. The van der Waals surface area contributed by atoms with Crippen LogP contribution in [0.25, 0.3) is 11.1 Å². The van der Waals surface area contributed by atoms with Gasteiger partial charge < -0.3 is 19.5 Å². The number of aryl methyl sites for hydroxylation is 1. The Bertz CT molecular complexity index is 753. The third kappa shape index (κ3) is 2.80. The number of benzene rings is 1. The normalized spacial score (nSPS) is 14.3. The van der Waals surface area contributed by atoms with Crippen LogP contribution in [0.5, 0.6) is 5.75 Å². The molecule has 1 aromatic carbocycles. The molecule has 1 N–H and O–H groups in total. The number of thiophene rings is 1. The molecule has 3 rings (SSSR count). The van der Waals surface area contributed by atoms with Gasteiger partial charge in [-0.15, -0.1) is 11.3 Å². The van der Waals surface area contributed by atoms with E-state index in [1.807, 2.05) is 20.0 Å². The average Bonchev–Trinajstić information content (AvgIpc) is 2.76. The minimum Gasteiger partial charge on any atom is -0.494 e. The van der Waals surface area contributed by atoms with Crippen molar-refractivity contribution in [2.24, 2.45) is 0 Å². The molecular weight excluding hydrogens is 314 g/mol. The number of anilines is 1. The Morgan fingerprint density at radius 3 is 2.91 bits per heavy atom. The molecule has 6 heteroatoms. The van der Waals surface area contributed by atoms with E-state index in [4.69, 9.17) is 9.47 Å². The molecule has 23 heavy (non-hydrogen) atoms. The molecule has 0 aliphatic carbocycles. The van der Waals surface area contributed by atoms with Gasteiger partial charge in [-0.2, -0.15) is 0 Å². The first-order chi connectivity index (χ1) is 11.0. The van der Waals surface area contributed by atoms with Gasteiger partial charge in [0.2, 0.25) is 0 Å². The second-order valence-electron chi connectivity index (χ2n) is 5.52. The molecule has 0 saturated heterocycles. The first-order valence-electron chi connectivity index (χ1n) is 7.35. The number of hydrogen-bond donors (Lipinski definition) is 1. The topological polar surface area (TPSA) is 59.0 Å². The van der Waals surface area contributed by atoms with Crippen LogP contribution in [0, 0.1) is 6.92 Å². The van der Waals surface area contributed by atoms with Gasteiger partial charge in [-0.3, -0.25) is 0 Å². The summed E-state index contributed by atoms with van der Waals surface area (Å²) in [7, 11) is 3.56. The third-order valence-electron chi connectivity index (χ3n) is 4.05. The monoisotopic (exact) mass is 333 g/mol. The largest absolute Gasteiger partial charge is 0.494 e. The number of likely N-dealkylation sites (N-methyl/N-ethyl adjacent to an activating group) is 1. The molecule has 0 fully saturated rings. The van der Waals surface area contributed by atoms with Gasteiger partial charge in [-0.1, -0.05) is 6.07 Å². The molecule has 1 aliphatic rings. The van der Waals surface area contributed by atoms with Crippen LogP contribution in [0.3, 0.4) is 0 Å². The van der Waals surface area contributed by atoms with E-state index >= 15 is 0 Å². The lowest BCUT2D eigenvalue weighted by Crippen LogP contribution is -2.20. The molecular formula is C17H19NO4S. The molecule has 1 aliphatic heterocycles. The van der Waals surface area contributed by atoms with Gasteiger partial charge in [0, 0.05) is 35.3 Å². The first-order valence-corrected chi connectivity index (χ1v) is 8.17. The molecule has 2 heterocycles. The maximum atomic E-state index is 11.4. The summed E-state index contributed by atoms with van der Waals surface area (Å²) in [5.74, 6) is -0.526. The maximum Gasteiger partial charge on any atom is 0.349 e. The Hall–Kier alpha value is -2.05. The summed E-state index contributed by atoms with van der Waals surface area (Å²) in [4.78, 5) is 14.7. The zero-order chi connectivity index (χ0) is 16.6. The van der Waals surface area contributed by atoms with Gasteiger partial charge in [-0.05, 0) is 24.6 Å². The van der Waals surface area contributed by atoms with Crippen molar-refractivity contribution < 1.29 is 19.4 Å². The van der Waals surface area contributed by atoms with Crippen LogP contribution in [0.4, 0.5) is 5.69 Å². The summed E-state index contributed by atoms with van der Waals surface area (Å²) >= 11 is 1.24. The van der Waals surface area contributed by atoms with Crippen LogP contribution in [0.2, 0.25) is 0 Å². The molecule has 0 saturated carbocycles. The van der Waals surface area contributed by atoms with Crippen LogP contribution >= 0.6 is 11.3 Å².